The van der Waals surface area contributed by atoms with E-state index in [1.807, 2.05) is 41.1 Å². The van der Waals surface area contributed by atoms with Crippen molar-refractivity contribution in [2.24, 2.45) is 0 Å². The molecule has 0 atom stereocenters. The highest BCUT2D eigenvalue weighted by Gasteiger charge is 2.27. The lowest BCUT2D eigenvalue weighted by atomic mass is 10.1. The van der Waals surface area contributed by atoms with E-state index in [0.29, 0.717) is 29.5 Å². The standard InChI is InChI=1S/C27H34N4O3/c1-5-30(6-2)16-17-34-25-18-20(14-15-24(25)33-4)28-27(32)26-21-11-9-13-23(21)31(29-26)22-12-8-7-10-19(22)3/h7-8,10,12,14-15,18H,5-6,9,11,13,16-17H2,1-4H3,(H,28,32). The Morgan fingerprint density at radius 2 is 1.91 bits per heavy atom. The lowest BCUT2D eigenvalue weighted by molar-refractivity contribution is 0.102. The first kappa shape index (κ1) is 23.8. The van der Waals surface area contributed by atoms with Crippen LogP contribution < -0.4 is 14.8 Å². The molecule has 7 heteroatoms. The van der Waals surface area contributed by atoms with Gasteiger partial charge in [0, 0.05) is 29.6 Å². The van der Waals surface area contributed by atoms with Crippen molar-refractivity contribution in [1.82, 2.24) is 14.7 Å². The predicted octanol–water partition coefficient (Wildman–Crippen LogP) is 4.65. The fraction of sp³-hybridized carbons (Fsp3) is 0.407. The van der Waals surface area contributed by atoms with Gasteiger partial charge in [0.2, 0.25) is 0 Å². The van der Waals surface area contributed by atoms with Gasteiger partial charge in [0.05, 0.1) is 12.8 Å². The van der Waals surface area contributed by atoms with Crippen LogP contribution in [0, 0.1) is 6.92 Å². The third-order valence-electron chi connectivity index (χ3n) is 6.47. The molecule has 0 aliphatic heterocycles. The highest BCUT2D eigenvalue weighted by atomic mass is 16.5. The number of carbonyl (C=O) groups is 1. The average Bonchev–Trinajstić information content (AvgIpc) is 3.46. The number of benzene rings is 2. The molecule has 0 spiro atoms. The summed E-state index contributed by atoms with van der Waals surface area (Å²) in [6.45, 7) is 9.67. The Balaban J connectivity index is 1.54. The number of anilines is 1. The van der Waals surface area contributed by atoms with Crippen LogP contribution in [0.1, 0.15) is 47.6 Å². The molecule has 7 nitrogen and oxygen atoms in total. The van der Waals surface area contributed by atoms with Gasteiger partial charge in [-0.3, -0.25) is 4.79 Å². The number of carbonyl (C=O) groups excluding carboxylic acids is 1. The van der Waals surface area contributed by atoms with Gasteiger partial charge < -0.3 is 19.7 Å². The van der Waals surface area contributed by atoms with Gasteiger partial charge in [-0.2, -0.15) is 5.10 Å². The van der Waals surface area contributed by atoms with Crippen molar-refractivity contribution in [2.75, 3.05) is 38.7 Å². The van der Waals surface area contributed by atoms with E-state index in [9.17, 15) is 4.79 Å². The normalized spacial score (nSPS) is 12.6. The van der Waals surface area contributed by atoms with Crippen LogP contribution in [0.2, 0.25) is 0 Å². The summed E-state index contributed by atoms with van der Waals surface area (Å²) in [4.78, 5) is 15.6. The topological polar surface area (TPSA) is 68.6 Å². The SMILES string of the molecule is CCN(CC)CCOc1cc(NC(=O)c2nn(-c3ccccc3C)c3c2CCC3)ccc1OC. The Hall–Kier alpha value is -3.32. The smallest absolute Gasteiger partial charge is 0.276 e. The molecule has 1 amide bonds. The Morgan fingerprint density at radius 1 is 1.12 bits per heavy atom. The molecule has 1 heterocycles. The van der Waals surface area contributed by atoms with Gasteiger partial charge in [-0.25, -0.2) is 4.68 Å². The minimum absolute atomic E-state index is 0.204. The van der Waals surface area contributed by atoms with Crippen molar-refractivity contribution in [3.05, 3.63) is 65.0 Å². The molecule has 1 aromatic heterocycles. The van der Waals surface area contributed by atoms with Gasteiger partial charge in [0.15, 0.2) is 17.2 Å². The zero-order valence-electron chi connectivity index (χ0n) is 20.6. The summed E-state index contributed by atoms with van der Waals surface area (Å²) < 4.78 is 13.4. The van der Waals surface area contributed by atoms with Crippen LogP contribution in [0.3, 0.4) is 0 Å². The summed E-state index contributed by atoms with van der Waals surface area (Å²) in [6.07, 6.45) is 2.83. The molecule has 1 aliphatic rings. The monoisotopic (exact) mass is 462 g/mol. The van der Waals surface area contributed by atoms with Crippen molar-refractivity contribution < 1.29 is 14.3 Å². The largest absolute Gasteiger partial charge is 0.493 e. The number of nitrogens with one attached hydrogen (secondary N) is 1. The third-order valence-corrected chi connectivity index (χ3v) is 6.47. The molecule has 0 saturated carbocycles. The highest BCUT2D eigenvalue weighted by molar-refractivity contribution is 6.04. The van der Waals surface area contributed by atoms with Gasteiger partial charge in [0.1, 0.15) is 6.61 Å². The second-order valence-electron chi connectivity index (χ2n) is 8.52. The maximum atomic E-state index is 13.3. The van der Waals surface area contributed by atoms with E-state index in [4.69, 9.17) is 14.6 Å². The van der Waals surface area contributed by atoms with Crippen molar-refractivity contribution in [3.63, 3.8) is 0 Å². The molecule has 180 valence electrons. The van der Waals surface area contributed by atoms with E-state index in [0.717, 1.165) is 61.4 Å². The molecule has 3 aromatic rings. The Bertz CT molecular complexity index is 1150. The molecule has 0 bridgehead atoms. The number of ether oxygens (including phenoxy) is 2. The van der Waals surface area contributed by atoms with E-state index in [1.54, 1.807) is 7.11 Å². The minimum atomic E-state index is -0.204. The molecule has 1 N–H and O–H groups in total. The first-order valence-corrected chi connectivity index (χ1v) is 12.1. The maximum Gasteiger partial charge on any atom is 0.276 e. The average molecular weight is 463 g/mol. The zero-order chi connectivity index (χ0) is 24.1. The Labute approximate surface area is 201 Å². The molecule has 0 radical (unpaired) electrons. The summed E-state index contributed by atoms with van der Waals surface area (Å²) in [5.74, 6) is 1.05. The number of hydrogen-bond acceptors (Lipinski definition) is 5. The number of methoxy groups -OCH3 is 1. The van der Waals surface area contributed by atoms with E-state index in [-0.39, 0.29) is 5.91 Å². The van der Waals surface area contributed by atoms with Gasteiger partial charge in [-0.15, -0.1) is 0 Å². The summed E-state index contributed by atoms with van der Waals surface area (Å²) in [5.41, 5.74) is 5.48. The minimum Gasteiger partial charge on any atom is -0.493 e. The number of rotatable bonds is 10. The van der Waals surface area contributed by atoms with Crippen LogP contribution in [0.4, 0.5) is 5.69 Å². The highest BCUT2D eigenvalue weighted by Crippen LogP contribution is 2.32. The summed E-state index contributed by atoms with van der Waals surface area (Å²) in [6, 6.07) is 13.6. The molecular weight excluding hydrogens is 428 g/mol. The van der Waals surface area contributed by atoms with Crippen LogP contribution in [0.25, 0.3) is 5.69 Å². The fourth-order valence-corrected chi connectivity index (χ4v) is 4.50. The van der Waals surface area contributed by atoms with Crippen LogP contribution in [0.5, 0.6) is 11.5 Å². The van der Waals surface area contributed by atoms with E-state index < -0.39 is 0 Å². The number of aryl methyl sites for hydroxylation is 1. The number of fused-ring (bicyclic) bond motifs is 1. The first-order chi connectivity index (χ1) is 16.5. The van der Waals surface area contributed by atoms with E-state index in [1.165, 1.54) is 0 Å². The zero-order valence-corrected chi connectivity index (χ0v) is 20.6. The summed E-state index contributed by atoms with van der Waals surface area (Å²) in [7, 11) is 1.62. The summed E-state index contributed by atoms with van der Waals surface area (Å²) in [5, 5.41) is 7.77. The molecule has 0 fully saturated rings. The maximum absolute atomic E-state index is 13.3. The van der Waals surface area contributed by atoms with Crippen molar-refractivity contribution in [2.45, 2.75) is 40.0 Å². The van der Waals surface area contributed by atoms with Gasteiger partial charge in [-0.1, -0.05) is 32.0 Å². The van der Waals surface area contributed by atoms with Crippen LogP contribution in [-0.2, 0) is 12.8 Å². The number of aromatic nitrogens is 2. The number of likely N-dealkylation sites (N-methyl/N-ethyl adjacent to an activating group) is 1. The van der Waals surface area contributed by atoms with Crippen molar-refractivity contribution in [1.29, 1.82) is 0 Å². The van der Waals surface area contributed by atoms with E-state index in [2.05, 4.69) is 37.1 Å². The molecule has 34 heavy (non-hydrogen) atoms. The number of para-hydroxylation sites is 1. The lowest BCUT2D eigenvalue weighted by Gasteiger charge is -2.19. The Kier molecular flexibility index (Phi) is 7.53. The predicted molar refractivity (Wildman–Crippen MR) is 135 cm³/mol. The van der Waals surface area contributed by atoms with Crippen LogP contribution in [0.15, 0.2) is 42.5 Å². The molecule has 1 aliphatic carbocycles. The molecule has 0 unspecified atom stereocenters. The fourth-order valence-electron chi connectivity index (χ4n) is 4.50. The third kappa shape index (κ3) is 4.94. The number of nitrogens with zero attached hydrogens (tertiary/aromatic N) is 3. The van der Waals surface area contributed by atoms with Gasteiger partial charge in [0.25, 0.3) is 5.91 Å². The van der Waals surface area contributed by atoms with Gasteiger partial charge in [-0.05, 0) is 63.0 Å². The second-order valence-corrected chi connectivity index (χ2v) is 8.52. The van der Waals surface area contributed by atoms with Crippen molar-refractivity contribution in [3.8, 4) is 17.2 Å². The van der Waals surface area contributed by atoms with Crippen LogP contribution in [-0.4, -0.2) is 53.9 Å². The number of hydrogen-bond donors (Lipinski definition) is 1. The van der Waals surface area contributed by atoms with Crippen LogP contribution >= 0.6 is 0 Å². The molecule has 2 aromatic carbocycles. The second kappa shape index (κ2) is 10.7. The van der Waals surface area contributed by atoms with Crippen molar-refractivity contribution >= 4 is 11.6 Å². The Morgan fingerprint density at radius 3 is 2.65 bits per heavy atom. The lowest BCUT2D eigenvalue weighted by Crippen LogP contribution is -2.28. The van der Waals surface area contributed by atoms with E-state index >= 15 is 0 Å². The first-order valence-electron chi connectivity index (χ1n) is 12.1. The molecule has 4 rings (SSSR count). The van der Waals surface area contributed by atoms with Gasteiger partial charge >= 0.3 is 0 Å². The molecule has 0 saturated heterocycles. The summed E-state index contributed by atoms with van der Waals surface area (Å²) >= 11 is 0. The molecular formula is C27H34N4O3. The number of amides is 1. The quantitative estimate of drug-likeness (QED) is 0.475.